The van der Waals surface area contributed by atoms with Crippen molar-refractivity contribution in [3.05, 3.63) is 30.6 Å². The van der Waals surface area contributed by atoms with Crippen LogP contribution in [-0.2, 0) is 0 Å². The average Bonchev–Trinajstić information content (AvgIpc) is 2.56. The summed E-state index contributed by atoms with van der Waals surface area (Å²) in [5.41, 5.74) is 7.47. The Hall–Kier alpha value is -1.84. The summed E-state index contributed by atoms with van der Waals surface area (Å²) in [6.07, 6.45) is 3.37. The van der Waals surface area contributed by atoms with Gasteiger partial charge in [-0.3, -0.25) is 5.10 Å². The van der Waals surface area contributed by atoms with Crippen molar-refractivity contribution in [2.75, 3.05) is 5.73 Å². The van der Waals surface area contributed by atoms with Crippen LogP contribution in [0.4, 0.5) is 5.82 Å². The number of nitrogens with one attached hydrogen (secondary N) is 1. The van der Waals surface area contributed by atoms with Gasteiger partial charge in [-0.2, -0.15) is 5.10 Å². The highest BCUT2D eigenvalue weighted by Crippen LogP contribution is 2.16. The largest absolute Gasteiger partial charge is 0.384 e. The SMILES string of the molecule is Nc1cc(-c2ccn[nH]2)ccn1. The Morgan fingerprint density at radius 3 is 2.83 bits per heavy atom. The molecule has 60 valence electrons. The highest BCUT2D eigenvalue weighted by molar-refractivity contribution is 5.61. The Balaban J connectivity index is 2.48. The minimum atomic E-state index is 0.516. The van der Waals surface area contributed by atoms with E-state index < -0.39 is 0 Å². The van der Waals surface area contributed by atoms with Crippen LogP contribution in [0.15, 0.2) is 30.6 Å². The summed E-state index contributed by atoms with van der Waals surface area (Å²) in [4.78, 5) is 3.89. The Morgan fingerprint density at radius 1 is 1.25 bits per heavy atom. The van der Waals surface area contributed by atoms with E-state index in [0.29, 0.717) is 5.82 Å². The molecule has 4 nitrogen and oxygen atoms in total. The third kappa shape index (κ3) is 1.14. The lowest BCUT2D eigenvalue weighted by Crippen LogP contribution is -1.89. The summed E-state index contributed by atoms with van der Waals surface area (Å²) < 4.78 is 0. The summed E-state index contributed by atoms with van der Waals surface area (Å²) in [6.45, 7) is 0. The van der Waals surface area contributed by atoms with Gasteiger partial charge in [0, 0.05) is 18.0 Å². The number of nitrogens with zero attached hydrogens (tertiary/aromatic N) is 2. The molecule has 0 radical (unpaired) electrons. The van der Waals surface area contributed by atoms with Gasteiger partial charge in [0.05, 0.1) is 5.69 Å². The summed E-state index contributed by atoms with van der Waals surface area (Å²) in [5, 5.41) is 6.69. The molecular weight excluding hydrogens is 152 g/mol. The molecule has 0 saturated heterocycles. The van der Waals surface area contributed by atoms with E-state index in [9.17, 15) is 0 Å². The summed E-state index contributed by atoms with van der Waals surface area (Å²) in [6, 6.07) is 5.56. The van der Waals surface area contributed by atoms with Gasteiger partial charge in [0.2, 0.25) is 0 Å². The molecule has 3 N–H and O–H groups in total. The maximum absolute atomic E-state index is 5.52. The van der Waals surface area contributed by atoms with Crippen LogP contribution in [0.3, 0.4) is 0 Å². The molecule has 2 heterocycles. The number of anilines is 1. The molecule has 0 atom stereocenters. The number of hydrogen-bond donors (Lipinski definition) is 2. The second kappa shape index (κ2) is 2.65. The standard InChI is InChI=1S/C8H8N4/c9-8-5-6(1-3-10-8)7-2-4-11-12-7/h1-5H,(H2,9,10)(H,11,12). The Morgan fingerprint density at radius 2 is 2.17 bits per heavy atom. The smallest absolute Gasteiger partial charge is 0.123 e. The van der Waals surface area contributed by atoms with Crippen LogP contribution in [-0.4, -0.2) is 15.2 Å². The minimum absolute atomic E-state index is 0.516. The van der Waals surface area contributed by atoms with E-state index in [1.807, 2.05) is 12.1 Å². The first-order valence-corrected chi connectivity index (χ1v) is 3.57. The third-order valence-electron chi connectivity index (χ3n) is 1.59. The summed E-state index contributed by atoms with van der Waals surface area (Å²) in [5.74, 6) is 0.516. The van der Waals surface area contributed by atoms with Crippen molar-refractivity contribution in [3.8, 4) is 11.3 Å². The van der Waals surface area contributed by atoms with Gasteiger partial charge in [0.1, 0.15) is 5.82 Å². The van der Waals surface area contributed by atoms with Crippen molar-refractivity contribution in [2.45, 2.75) is 0 Å². The zero-order valence-corrected chi connectivity index (χ0v) is 6.36. The number of rotatable bonds is 1. The fourth-order valence-electron chi connectivity index (χ4n) is 1.03. The predicted molar refractivity (Wildman–Crippen MR) is 46.2 cm³/mol. The van der Waals surface area contributed by atoms with Crippen molar-refractivity contribution in [2.24, 2.45) is 0 Å². The van der Waals surface area contributed by atoms with Gasteiger partial charge in [-0.15, -0.1) is 0 Å². The number of aromatic amines is 1. The highest BCUT2D eigenvalue weighted by atomic mass is 15.1. The number of H-pyrrole nitrogens is 1. The molecule has 0 aliphatic heterocycles. The first-order valence-electron chi connectivity index (χ1n) is 3.57. The third-order valence-corrected chi connectivity index (χ3v) is 1.59. The van der Waals surface area contributed by atoms with Gasteiger partial charge >= 0.3 is 0 Å². The Bertz CT molecular complexity index is 366. The molecule has 0 bridgehead atoms. The molecule has 0 aromatic carbocycles. The van der Waals surface area contributed by atoms with Crippen LogP contribution < -0.4 is 5.73 Å². The molecule has 0 amide bonds. The second-order valence-electron chi connectivity index (χ2n) is 2.44. The van der Waals surface area contributed by atoms with E-state index in [2.05, 4.69) is 15.2 Å². The van der Waals surface area contributed by atoms with Crippen molar-refractivity contribution < 1.29 is 0 Å². The van der Waals surface area contributed by atoms with Gasteiger partial charge in [0.25, 0.3) is 0 Å². The van der Waals surface area contributed by atoms with E-state index in [0.717, 1.165) is 11.3 Å². The number of aromatic nitrogens is 3. The molecule has 0 unspecified atom stereocenters. The molecule has 2 aromatic rings. The van der Waals surface area contributed by atoms with Crippen molar-refractivity contribution in [1.82, 2.24) is 15.2 Å². The summed E-state index contributed by atoms with van der Waals surface area (Å²) in [7, 11) is 0. The molecule has 12 heavy (non-hydrogen) atoms. The lowest BCUT2D eigenvalue weighted by molar-refractivity contribution is 1.09. The van der Waals surface area contributed by atoms with E-state index in [1.165, 1.54) is 0 Å². The van der Waals surface area contributed by atoms with Crippen molar-refractivity contribution >= 4 is 5.82 Å². The lowest BCUT2D eigenvalue weighted by Gasteiger charge is -1.96. The maximum Gasteiger partial charge on any atom is 0.123 e. The molecule has 0 saturated carbocycles. The maximum atomic E-state index is 5.52. The molecule has 0 spiro atoms. The first kappa shape index (κ1) is 6.84. The van der Waals surface area contributed by atoms with Crippen molar-refractivity contribution in [1.29, 1.82) is 0 Å². The predicted octanol–water partition coefficient (Wildman–Crippen LogP) is 1.05. The first-order chi connectivity index (χ1) is 5.86. The topological polar surface area (TPSA) is 67.6 Å². The van der Waals surface area contributed by atoms with E-state index >= 15 is 0 Å². The number of nitrogen functional groups attached to an aromatic ring is 1. The van der Waals surface area contributed by atoms with Gasteiger partial charge in [0.15, 0.2) is 0 Å². The quantitative estimate of drug-likeness (QED) is 0.655. The Labute approximate surface area is 69.4 Å². The fourth-order valence-corrected chi connectivity index (χ4v) is 1.03. The molecule has 0 aliphatic carbocycles. The molecular formula is C8H8N4. The van der Waals surface area contributed by atoms with Gasteiger partial charge in [-0.1, -0.05) is 0 Å². The zero-order chi connectivity index (χ0) is 8.39. The lowest BCUT2D eigenvalue weighted by atomic mass is 10.2. The van der Waals surface area contributed by atoms with Crippen LogP contribution in [0.5, 0.6) is 0 Å². The normalized spacial score (nSPS) is 10.0. The van der Waals surface area contributed by atoms with E-state index in [4.69, 9.17) is 5.73 Å². The minimum Gasteiger partial charge on any atom is -0.384 e. The summed E-state index contributed by atoms with van der Waals surface area (Å²) >= 11 is 0. The van der Waals surface area contributed by atoms with Crippen LogP contribution in [0.1, 0.15) is 0 Å². The number of pyridine rings is 1. The monoisotopic (exact) mass is 160 g/mol. The van der Waals surface area contributed by atoms with Crippen LogP contribution >= 0.6 is 0 Å². The van der Waals surface area contributed by atoms with E-state index in [-0.39, 0.29) is 0 Å². The molecule has 2 aromatic heterocycles. The van der Waals surface area contributed by atoms with Gasteiger partial charge < -0.3 is 5.73 Å². The van der Waals surface area contributed by atoms with Gasteiger partial charge in [-0.05, 0) is 18.2 Å². The average molecular weight is 160 g/mol. The number of nitrogens with two attached hydrogens (primary N) is 1. The van der Waals surface area contributed by atoms with Crippen LogP contribution in [0.25, 0.3) is 11.3 Å². The highest BCUT2D eigenvalue weighted by Gasteiger charge is 1.97. The molecule has 0 aliphatic rings. The van der Waals surface area contributed by atoms with E-state index in [1.54, 1.807) is 18.5 Å². The number of hydrogen-bond acceptors (Lipinski definition) is 3. The molecule has 0 fully saturated rings. The van der Waals surface area contributed by atoms with Gasteiger partial charge in [-0.25, -0.2) is 4.98 Å². The molecule has 2 rings (SSSR count). The van der Waals surface area contributed by atoms with Crippen LogP contribution in [0.2, 0.25) is 0 Å². The van der Waals surface area contributed by atoms with Crippen molar-refractivity contribution in [3.63, 3.8) is 0 Å². The molecule has 4 heteroatoms. The Kier molecular flexibility index (Phi) is 1.51. The van der Waals surface area contributed by atoms with Crippen LogP contribution in [0, 0.1) is 0 Å². The fraction of sp³-hybridized carbons (Fsp3) is 0. The zero-order valence-electron chi connectivity index (χ0n) is 6.36. The second-order valence-corrected chi connectivity index (χ2v) is 2.44.